The number of ether oxygens (including phenoxy) is 1. The number of thiophene rings is 1. The lowest BCUT2D eigenvalue weighted by Gasteiger charge is -2.21. The van der Waals surface area contributed by atoms with Crippen LogP contribution >= 0.6 is 22.7 Å². The molecule has 2 aromatic heterocycles. The molecule has 3 nitrogen and oxygen atoms in total. The van der Waals surface area contributed by atoms with Crippen LogP contribution < -0.4 is 5.32 Å². The Hall–Kier alpha value is -0.750. The molecule has 1 aliphatic rings. The minimum absolute atomic E-state index is 0.132. The third kappa shape index (κ3) is 2.04. The number of nitrogens with one attached hydrogen (secondary N) is 1. The molecule has 3 heterocycles. The smallest absolute Gasteiger partial charge is 0.124 e. The Labute approximate surface area is 102 Å². The van der Waals surface area contributed by atoms with E-state index in [0.29, 0.717) is 0 Å². The topological polar surface area (TPSA) is 34.1 Å². The van der Waals surface area contributed by atoms with Crippen LogP contribution in [0.15, 0.2) is 22.9 Å². The van der Waals surface area contributed by atoms with E-state index in [1.54, 1.807) is 22.7 Å². The number of hydrogen-bond donors (Lipinski definition) is 1. The molecule has 5 heteroatoms. The molecule has 2 aromatic rings. The molecule has 0 radical (unpaired) electrons. The monoisotopic (exact) mass is 252 g/mol. The summed E-state index contributed by atoms with van der Waals surface area (Å²) in [6, 6.07) is 4.15. The molecule has 1 N–H and O–H groups in total. The highest BCUT2D eigenvalue weighted by molar-refractivity contribution is 7.14. The van der Waals surface area contributed by atoms with Crippen LogP contribution in [0.3, 0.4) is 0 Å². The minimum atomic E-state index is 0.132. The molecule has 0 bridgehead atoms. The van der Waals surface area contributed by atoms with E-state index in [9.17, 15) is 0 Å². The van der Waals surface area contributed by atoms with Crippen molar-refractivity contribution >= 4 is 22.7 Å². The first-order valence-electron chi connectivity index (χ1n) is 5.25. The second kappa shape index (κ2) is 4.63. The van der Waals surface area contributed by atoms with Crippen LogP contribution in [-0.2, 0) is 4.74 Å². The summed E-state index contributed by atoms with van der Waals surface area (Å²) in [6.45, 7) is 2.59. The number of hydrogen-bond acceptors (Lipinski definition) is 5. The van der Waals surface area contributed by atoms with Crippen LogP contribution in [0.25, 0.3) is 10.6 Å². The van der Waals surface area contributed by atoms with E-state index < -0.39 is 0 Å². The van der Waals surface area contributed by atoms with Gasteiger partial charge < -0.3 is 10.1 Å². The maximum Gasteiger partial charge on any atom is 0.124 e. The molecule has 1 fully saturated rings. The van der Waals surface area contributed by atoms with Crippen LogP contribution in [0.4, 0.5) is 0 Å². The van der Waals surface area contributed by atoms with Crippen molar-refractivity contribution in [3.63, 3.8) is 0 Å². The van der Waals surface area contributed by atoms with Crippen molar-refractivity contribution in [1.29, 1.82) is 0 Å². The lowest BCUT2D eigenvalue weighted by Crippen LogP contribution is -2.33. The van der Waals surface area contributed by atoms with Gasteiger partial charge in [0.15, 0.2) is 0 Å². The number of aromatic nitrogens is 1. The maximum atomic E-state index is 5.68. The fourth-order valence-corrected chi connectivity index (χ4v) is 3.32. The van der Waals surface area contributed by atoms with E-state index >= 15 is 0 Å². The highest BCUT2D eigenvalue weighted by Gasteiger charge is 2.19. The highest BCUT2D eigenvalue weighted by Crippen LogP contribution is 2.29. The minimum Gasteiger partial charge on any atom is -0.368 e. The molecule has 16 heavy (non-hydrogen) atoms. The van der Waals surface area contributed by atoms with Gasteiger partial charge in [-0.1, -0.05) is 6.07 Å². The molecular formula is C11H12N2OS2. The zero-order valence-electron chi connectivity index (χ0n) is 8.68. The Bertz CT molecular complexity index is 446. The molecule has 1 atom stereocenters. The SMILES string of the molecule is c1csc(-c2csc(C3CNCCO3)n2)c1. The molecule has 1 unspecified atom stereocenters. The standard InChI is InChI=1S/C11H12N2OS2/c1-2-10(15-5-1)8-7-16-11(13-8)9-6-12-3-4-14-9/h1-2,5,7,9,12H,3-4,6H2. The van der Waals surface area contributed by atoms with Crippen molar-refractivity contribution in [1.82, 2.24) is 10.3 Å². The number of morpholine rings is 1. The summed E-state index contributed by atoms with van der Waals surface area (Å²) < 4.78 is 5.68. The normalized spacial score (nSPS) is 21.1. The summed E-state index contributed by atoms with van der Waals surface area (Å²) in [5.74, 6) is 0. The lowest BCUT2D eigenvalue weighted by atomic mass is 10.3. The van der Waals surface area contributed by atoms with Gasteiger partial charge in [0.25, 0.3) is 0 Å². The van der Waals surface area contributed by atoms with Crippen molar-refractivity contribution in [2.24, 2.45) is 0 Å². The van der Waals surface area contributed by atoms with Crippen molar-refractivity contribution in [3.05, 3.63) is 27.9 Å². The van der Waals surface area contributed by atoms with Crippen LogP contribution in [0.5, 0.6) is 0 Å². The third-order valence-electron chi connectivity index (χ3n) is 2.50. The van der Waals surface area contributed by atoms with E-state index in [1.165, 1.54) is 4.88 Å². The molecule has 0 aromatic carbocycles. The van der Waals surface area contributed by atoms with Gasteiger partial charge in [-0.2, -0.15) is 0 Å². The molecule has 1 aliphatic heterocycles. The zero-order chi connectivity index (χ0) is 10.8. The van der Waals surface area contributed by atoms with E-state index in [4.69, 9.17) is 4.74 Å². The summed E-state index contributed by atoms with van der Waals surface area (Å²) in [6.07, 6.45) is 0.132. The number of thiazole rings is 1. The van der Waals surface area contributed by atoms with E-state index in [0.717, 1.165) is 30.4 Å². The van der Waals surface area contributed by atoms with Crippen molar-refractivity contribution in [2.75, 3.05) is 19.7 Å². The lowest BCUT2D eigenvalue weighted by molar-refractivity contribution is 0.0276. The zero-order valence-corrected chi connectivity index (χ0v) is 10.3. The number of nitrogens with zero attached hydrogens (tertiary/aromatic N) is 1. The van der Waals surface area contributed by atoms with E-state index in [2.05, 4.69) is 33.2 Å². The summed E-state index contributed by atoms with van der Waals surface area (Å²) in [5.41, 5.74) is 1.07. The Morgan fingerprint density at radius 3 is 3.19 bits per heavy atom. The molecule has 0 saturated carbocycles. The van der Waals surface area contributed by atoms with E-state index in [1.807, 2.05) is 0 Å². The van der Waals surface area contributed by atoms with Gasteiger partial charge in [-0.25, -0.2) is 4.98 Å². The van der Waals surface area contributed by atoms with Gasteiger partial charge in [0.1, 0.15) is 11.1 Å². The third-order valence-corrected chi connectivity index (χ3v) is 4.33. The Kier molecular flexibility index (Phi) is 3.01. The summed E-state index contributed by atoms with van der Waals surface area (Å²) in [4.78, 5) is 5.87. The second-order valence-electron chi connectivity index (χ2n) is 3.61. The van der Waals surface area contributed by atoms with Crippen LogP contribution in [0.2, 0.25) is 0 Å². The van der Waals surface area contributed by atoms with Gasteiger partial charge in [0.2, 0.25) is 0 Å². The second-order valence-corrected chi connectivity index (χ2v) is 5.45. The van der Waals surface area contributed by atoms with Crippen molar-refractivity contribution in [3.8, 4) is 10.6 Å². The first kappa shape index (κ1) is 10.4. The quantitative estimate of drug-likeness (QED) is 0.892. The van der Waals surface area contributed by atoms with Gasteiger partial charge in [-0.05, 0) is 11.4 Å². The predicted molar refractivity (Wildman–Crippen MR) is 67.0 cm³/mol. The average Bonchev–Trinajstić information content (AvgIpc) is 3.01. The highest BCUT2D eigenvalue weighted by atomic mass is 32.1. The number of rotatable bonds is 2. The van der Waals surface area contributed by atoms with Crippen molar-refractivity contribution < 1.29 is 4.74 Å². The van der Waals surface area contributed by atoms with Gasteiger partial charge in [-0.3, -0.25) is 0 Å². The Morgan fingerprint density at radius 1 is 1.44 bits per heavy atom. The molecule has 1 saturated heterocycles. The molecule has 84 valence electrons. The molecular weight excluding hydrogens is 240 g/mol. The Morgan fingerprint density at radius 2 is 2.44 bits per heavy atom. The summed E-state index contributed by atoms with van der Waals surface area (Å²) >= 11 is 3.41. The molecule has 3 rings (SSSR count). The summed E-state index contributed by atoms with van der Waals surface area (Å²) in [7, 11) is 0. The first-order chi connectivity index (χ1) is 7.93. The van der Waals surface area contributed by atoms with Crippen LogP contribution in [0.1, 0.15) is 11.1 Å². The van der Waals surface area contributed by atoms with Crippen LogP contribution in [-0.4, -0.2) is 24.7 Å². The van der Waals surface area contributed by atoms with Gasteiger partial charge >= 0.3 is 0 Å². The largest absolute Gasteiger partial charge is 0.368 e. The predicted octanol–water partition coefficient (Wildman–Crippen LogP) is 2.53. The fraction of sp³-hybridized carbons (Fsp3) is 0.364. The fourth-order valence-electron chi connectivity index (χ4n) is 1.70. The van der Waals surface area contributed by atoms with Crippen LogP contribution in [0, 0.1) is 0 Å². The van der Waals surface area contributed by atoms with Crippen molar-refractivity contribution in [2.45, 2.75) is 6.10 Å². The van der Waals surface area contributed by atoms with Gasteiger partial charge in [-0.15, -0.1) is 22.7 Å². The van der Waals surface area contributed by atoms with Gasteiger partial charge in [0, 0.05) is 18.5 Å². The maximum absolute atomic E-state index is 5.68. The molecule has 0 amide bonds. The van der Waals surface area contributed by atoms with Gasteiger partial charge in [0.05, 0.1) is 17.2 Å². The molecule has 0 spiro atoms. The average molecular weight is 252 g/mol. The molecule has 0 aliphatic carbocycles. The van der Waals surface area contributed by atoms with E-state index in [-0.39, 0.29) is 6.10 Å². The first-order valence-corrected chi connectivity index (χ1v) is 7.01. The summed E-state index contributed by atoms with van der Waals surface area (Å²) in [5, 5.41) is 8.59. The Balaban J connectivity index is 1.82.